The van der Waals surface area contributed by atoms with Gasteiger partial charge in [0.15, 0.2) is 5.13 Å². The number of aliphatic hydroxyl groups is 1. The predicted molar refractivity (Wildman–Crippen MR) is 121 cm³/mol. The van der Waals surface area contributed by atoms with E-state index in [1.807, 2.05) is 13.8 Å². The van der Waals surface area contributed by atoms with E-state index in [1.54, 1.807) is 31.2 Å². The number of Topliss-reactive ketones (excluding diaryl/α,β-unsaturated/α-hetero) is 1. The molecule has 2 aromatic carbocycles. The standard InChI is InChI=1S/C23H19N3O5S/c1-12-4-6-16(7-5-12)20(27)18-19(15-8-10-17(11-9-15)26(30)31)25(22(29)21(18)28)23-24-13(2)14(3)32-23/h4-11,19,27H,1-3H3/b20-18+. The maximum absolute atomic E-state index is 13.1. The number of aliphatic hydroxyl groups excluding tert-OH is 1. The van der Waals surface area contributed by atoms with Crippen molar-refractivity contribution in [2.24, 2.45) is 0 Å². The van der Waals surface area contributed by atoms with Gasteiger partial charge in [0.2, 0.25) is 0 Å². The molecule has 1 aliphatic heterocycles. The van der Waals surface area contributed by atoms with Gasteiger partial charge in [0.25, 0.3) is 11.5 Å². The summed E-state index contributed by atoms with van der Waals surface area (Å²) in [6.45, 7) is 5.56. The van der Waals surface area contributed by atoms with E-state index in [0.717, 1.165) is 16.1 Å². The van der Waals surface area contributed by atoms with Crippen molar-refractivity contribution in [2.75, 3.05) is 4.90 Å². The van der Waals surface area contributed by atoms with Gasteiger partial charge in [-0.2, -0.15) is 0 Å². The zero-order valence-electron chi connectivity index (χ0n) is 17.5. The van der Waals surface area contributed by atoms with E-state index in [9.17, 15) is 24.8 Å². The average molecular weight is 449 g/mol. The molecule has 1 aliphatic rings. The van der Waals surface area contributed by atoms with Gasteiger partial charge >= 0.3 is 5.91 Å². The predicted octanol–water partition coefficient (Wildman–Crippen LogP) is 4.60. The van der Waals surface area contributed by atoms with Gasteiger partial charge in [-0.3, -0.25) is 24.6 Å². The van der Waals surface area contributed by atoms with Crippen LogP contribution in [-0.4, -0.2) is 26.7 Å². The summed E-state index contributed by atoms with van der Waals surface area (Å²) in [5.41, 5.74) is 2.35. The summed E-state index contributed by atoms with van der Waals surface area (Å²) in [6.07, 6.45) is 0. The fourth-order valence-corrected chi connectivity index (χ4v) is 4.49. The fourth-order valence-electron chi connectivity index (χ4n) is 3.55. The molecule has 9 heteroatoms. The molecule has 0 aliphatic carbocycles. The molecule has 0 radical (unpaired) electrons. The van der Waals surface area contributed by atoms with E-state index in [0.29, 0.717) is 16.3 Å². The van der Waals surface area contributed by atoms with Crippen molar-refractivity contribution in [1.82, 2.24) is 4.98 Å². The number of amides is 1. The van der Waals surface area contributed by atoms with E-state index in [2.05, 4.69) is 4.98 Å². The van der Waals surface area contributed by atoms with Crippen molar-refractivity contribution >= 4 is 39.6 Å². The minimum Gasteiger partial charge on any atom is -0.507 e. The van der Waals surface area contributed by atoms with Crippen molar-refractivity contribution in [3.63, 3.8) is 0 Å². The van der Waals surface area contributed by atoms with Gasteiger partial charge in [0.1, 0.15) is 5.76 Å². The Bertz CT molecular complexity index is 1260. The lowest BCUT2D eigenvalue weighted by molar-refractivity contribution is -0.384. The lowest BCUT2D eigenvalue weighted by Gasteiger charge is -2.23. The van der Waals surface area contributed by atoms with Gasteiger partial charge in [-0.15, -0.1) is 11.3 Å². The van der Waals surface area contributed by atoms with Crippen LogP contribution in [0, 0.1) is 30.9 Å². The molecule has 3 aromatic rings. The summed E-state index contributed by atoms with van der Waals surface area (Å²) in [7, 11) is 0. The molecule has 0 bridgehead atoms. The van der Waals surface area contributed by atoms with E-state index >= 15 is 0 Å². The molecule has 2 heterocycles. The number of carbonyl (C=O) groups excluding carboxylic acids is 2. The Balaban J connectivity index is 1.93. The fraction of sp³-hybridized carbons (Fsp3) is 0.174. The molecule has 0 saturated carbocycles. The van der Waals surface area contributed by atoms with Crippen LogP contribution in [0.2, 0.25) is 0 Å². The minimum atomic E-state index is -0.970. The van der Waals surface area contributed by atoms with Crippen LogP contribution in [0.15, 0.2) is 54.1 Å². The molecule has 1 atom stereocenters. The number of rotatable bonds is 4. The van der Waals surface area contributed by atoms with Crippen molar-refractivity contribution in [1.29, 1.82) is 0 Å². The largest absolute Gasteiger partial charge is 0.507 e. The quantitative estimate of drug-likeness (QED) is 0.205. The number of aryl methyl sites for hydroxylation is 3. The number of non-ortho nitro benzene ring substituents is 1. The summed E-state index contributed by atoms with van der Waals surface area (Å²) in [4.78, 5) is 43.3. The number of aromatic nitrogens is 1. The molecule has 0 spiro atoms. The molecule has 1 saturated heterocycles. The molecular formula is C23H19N3O5S. The maximum Gasteiger partial charge on any atom is 0.301 e. The second kappa shape index (κ2) is 8.01. The zero-order valence-corrected chi connectivity index (χ0v) is 18.3. The third-order valence-electron chi connectivity index (χ3n) is 5.41. The first-order valence-electron chi connectivity index (χ1n) is 9.75. The number of anilines is 1. The maximum atomic E-state index is 13.1. The molecule has 1 unspecified atom stereocenters. The average Bonchev–Trinajstić information content (AvgIpc) is 3.23. The SMILES string of the molecule is Cc1ccc(/C(O)=C2\C(=O)C(=O)N(c3nc(C)c(C)s3)C2c2ccc([N+](=O)[O-])cc2)cc1. The number of benzene rings is 2. The molecule has 1 amide bonds. The highest BCUT2D eigenvalue weighted by molar-refractivity contribution is 7.16. The number of ketones is 1. The van der Waals surface area contributed by atoms with Gasteiger partial charge in [-0.25, -0.2) is 4.98 Å². The third-order valence-corrected chi connectivity index (χ3v) is 6.48. The van der Waals surface area contributed by atoms with Crippen molar-refractivity contribution in [3.05, 3.63) is 91.5 Å². The second-order valence-electron chi connectivity index (χ2n) is 7.52. The van der Waals surface area contributed by atoms with Crippen LogP contribution in [0.3, 0.4) is 0 Å². The van der Waals surface area contributed by atoms with Crippen molar-refractivity contribution in [3.8, 4) is 0 Å². The number of nitro benzene ring substituents is 1. The zero-order chi connectivity index (χ0) is 23.2. The smallest absolute Gasteiger partial charge is 0.301 e. The van der Waals surface area contributed by atoms with Crippen LogP contribution in [0.4, 0.5) is 10.8 Å². The summed E-state index contributed by atoms with van der Waals surface area (Å²) in [6, 6.07) is 11.5. The minimum absolute atomic E-state index is 0.0850. The number of hydrogen-bond acceptors (Lipinski definition) is 7. The first-order chi connectivity index (χ1) is 15.2. The monoisotopic (exact) mass is 449 g/mol. The molecule has 1 fully saturated rings. The van der Waals surface area contributed by atoms with Gasteiger partial charge in [-0.05, 0) is 38.5 Å². The van der Waals surface area contributed by atoms with Gasteiger partial charge in [-0.1, -0.05) is 29.8 Å². The summed E-state index contributed by atoms with van der Waals surface area (Å²) >= 11 is 1.26. The summed E-state index contributed by atoms with van der Waals surface area (Å²) in [5, 5.41) is 22.5. The van der Waals surface area contributed by atoms with Crippen LogP contribution >= 0.6 is 11.3 Å². The van der Waals surface area contributed by atoms with Crippen LogP contribution in [0.5, 0.6) is 0 Å². The van der Waals surface area contributed by atoms with E-state index in [1.165, 1.54) is 40.5 Å². The molecule has 4 rings (SSSR count). The van der Waals surface area contributed by atoms with E-state index in [-0.39, 0.29) is 17.0 Å². The molecule has 1 aromatic heterocycles. The Hall–Kier alpha value is -3.85. The molecular weight excluding hydrogens is 430 g/mol. The highest BCUT2D eigenvalue weighted by Gasteiger charge is 2.48. The number of nitrogens with zero attached hydrogens (tertiary/aromatic N) is 3. The Morgan fingerprint density at radius 3 is 2.22 bits per heavy atom. The number of nitro groups is 1. The second-order valence-corrected chi connectivity index (χ2v) is 8.70. The Labute approximate surface area is 187 Å². The summed E-state index contributed by atoms with van der Waals surface area (Å²) < 4.78 is 0. The van der Waals surface area contributed by atoms with E-state index in [4.69, 9.17) is 0 Å². The molecule has 1 N–H and O–H groups in total. The lowest BCUT2D eigenvalue weighted by Crippen LogP contribution is -2.29. The first-order valence-corrected chi connectivity index (χ1v) is 10.6. The Kier molecular flexibility index (Phi) is 5.35. The molecule has 8 nitrogen and oxygen atoms in total. The van der Waals surface area contributed by atoms with Crippen molar-refractivity contribution < 1.29 is 19.6 Å². The first kappa shape index (κ1) is 21.4. The normalized spacial score (nSPS) is 17.7. The van der Waals surface area contributed by atoms with Crippen LogP contribution in [0.1, 0.15) is 33.3 Å². The molecule has 32 heavy (non-hydrogen) atoms. The van der Waals surface area contributed by atoms with Crippen LogP contribution in [0.25, 0.3) is 5.76 Å². The van der Waals surface area contributed by atoms with E-state index < -0.39 is 22.7 Å². The highest BCUT2D eigenvalue weighted by Crippen LogP contribution is 2.44. The number of thiazole rings is 1. The number of hydrogen-bond donors (Lipinski definition) is 1. The number of carbonyl (C=O) groups is 2. The van der Waals surface area contributed by atoms with Crippen molar-refractivity contribution in [2.45, 2.75) is 26.8 Å². The van der Waals surface area contributed by atoms with Gasteiger partial charge in [0, 0.05) is 22.6 Å². The Morgan fingerprint density at radius 2 is 1.69 bits per heavy atom. The van der Waals surface area contributed by atoms with Gasteiger partial charge < -0.3 is 5.11 Å². The van der Waals surface area contributed by atoms with Crippen LogP contribution < -0.4 is 4.90 Å². The van der Waals surface area contributed by atoms with Crippen LogP contribution in [-0.2, 0) is 9.59 Å². The highest BCUT2D eigenvalue weighted by atomic mass is 32.1. The molecule has 162 valence electrons. The topological polar surface area (TPSA) is 114 Å². The van der Waals surface area contributed by atoms with Gasteiger partial charge in [0.05, 0.1) is 22.2 Å². The Morgan fingerprint density at radius 1 is 1.06 bits per heavy atom. The summed E-state index contributed by atoms with van der Waals surface area (Å²) in [5.74, 6) is -1.95. The third kappa shape index (κ3) is 3.56. The lowest BCUT2D eigenvalue weighted by atomic mass is 9.95.